The van der Waals surface area contributed by atoms with E-state index in [2.05, 4.69) is 5.32 Å². The highest BCUT2D eigenvalue weighted by atomic mass is 19.4. The first-order valence-corrected chi connectivity index (χ1v) is 8.30. The van der Waals surface area contributed by atoms with Gasteiger partial charge in [-0.05, 0) is 12.0 Å². The minimum atomic E-state index is -5.14. The summed E-state index contributed by atoms with van der Waals surface area (Å²) in [7, 11) is 0. The van der Waals surface area contributed by atoms with Gasteiger partial charge in [0.15, 0.2) is 0 Å². The molecule has 1 aliphatic heterocycles. The van der Waals surface area contributed by atoms with Gasteiger partial charge in [0.05, 0.1) is 0 Å². The molecule has 1 saturated carbocycles. The molecule has 3 rings (SSSR count). The fraction of sp³-hybridized carbons (Fsp3) is 0.471. The molecule has 4 atom stereocenters. The Bertz CT molecular complexity index is 756. The number of rotatable bonds is 6. The van der Waals surface area contributed by atoms with E-state index in [4.69, 9.17) is 10.5 Å². The molecule has 1 heterocycles. The van der Waals surface area contributed by atoms with Crippen LogP contribution in [0.2, 0.25) is 0 Å². The zero-order valence-corrected chi connectivity index (χ0v) is 14.1. The highest BCUT2D eigenvalue weighted by Gasteiger charge is 2.68. The predicted octanol–water partition coefficient (Wildman–Crippen LogP) is 0.0352. The maximum atomic E-state index is 12.6. The van der Waals surface area contributed by atoms with Crippen molar-refractivity contribution in [2.75, 3.05) is 6.54 Å². The summed E-state index contributed by atoms with van der Waals surface area (Å²) in [4.78, 5) is 35.5. The molecule has 2 amide bonds. The first-order valence-electron chi connectivity index (χ1n) is 8.30. The lowest BCUT2D eigenvalue weighted by molar-refractivity contribution is -0.176. The lowest BCUT2D eigenvalue weighted by atomic mass is 10.1. The van der Waals surface area contributed by atoms with E-state index in [0.29, 0.717) is 18.5 Å². The van der Waals surface area contributed by atoms with Gasteiger partial charge >= 0.3 is 18.1 Å². The number of nitrogens with one attached hydrogen (secondary N) is 2. The SMILES string of the molecule is NC(=O)C1NCC2CC21OC(=O)C(Cc1ccccc1)NC(=O)C(F)(F)F. The number of nitrogens with two attached hydrogens (primary N) is 1. The van der Waals surface area contributed by atoms with Gasteiger partial charge in [-0.3, -0.25) is 9.59 Å². The summed E-state index contributed by atoms with van der Waals surface area (Å²) in [5.41, 5.74) is 4.69. The maximum absolute atomic E-state index is 12.6. The standard InChI is InChI=1S/C17H18F3N3O4/c18-17(19,20)15(26)23-11(6-9-4-2-1-3-5-9)14(25)27-16-7-10(16)8-22-12(16)13(21)24/h1-5,10-12,22H,6-8H2,(H2,21,24)(H,23,26). The summed E-state index contributed by atoms with van der Waals surface area (Å²) < 4.78 is 43.3. The Kier molecular flexibility index (Phi) is 4.85. The number of fused-ring (bicyclic) bond motifs is 1. The highest BCUT2D eigenvalue weighted by molar-refractivity contribution is 5.89. The van der Waals surface area contributed by atoms with Gasteiger partial charge in [0, 0.05) is 18.9 Å². The molecule has 4 unspecified atom stereocenters. The monoisotopic (exact) mass is 385 g/mol. The van der Waals surface area contributed by atoms with Crippen molar-refractivity contribution in [3.63, 3.8) is 0 Å². The molecule has 7 nitrogen and oxygen atoms in total. The number of benzene rings is 1. The van der Waals surface area contributed by atoms with Crippen LogP contribution in [0, 0.1) is 5.92 Å². The molecule has 0 radical (unpaired) electrons. The van der Waals surface area contributed by atoms with E-state index < -0.39 is 41.6 Å². The summed E-state index contributed by atoms with van der Waals surface area (Å²) in [5.74, 6) is -4.11. The second kappa shape index (κ2) is 6.84. The van der Waals surface area contributed by atoms with Gasteiger partial charge in [0.1, 0.15) is 17.7 Å². The lowest BCUT2D eigenvalue weighted by Crippen LogP contribution is -2.53. The number of carbonyl (C=O) groups excluding carboxylic acids is 3. The molecule has 10 heteroatoms. The van der Waals surface area contributed by atoms with Crippen LogP contribution in [0.25, 0.3) is 0 Å². The summed E-state index contributed by atoms with van der Waals surface area (Å²) in [6.07, 6.45) is -4.93. The summed E-state index contributed by atoms with van der Waals surface area (Å²) >= 11 is 0. The molecule has 27 heavy (non-hydrogen) atoms. The third kappa shape index (κ3) is 3.90. The average Bonchev–Trinajstić information content (AvgIpc) is 3.16. The number of amides is 2. The number of piperidine rings is 1. The molecule has 1 saturated heterocycles. The lowest BCUT2D eigenvalue weighted by Gasteiger charge is -2.25. The number of ether oxygens (including phenoxy) is 1. The van der Waals surface area contributed by atoms with Crippen molar-refractivity contribution in [1.29, 1.82) is 0 Å². The molecule has 0 aromatic heterocycles. The minimum Gasteiger partial charge on any atom is -0.455 e. The van der Waals surface area contributed by atoms with Gasteiger partial charge in [0.25, 0.3) is 0 Å². The van der Waals surface area contributed by atoms with Crippen LogP contribution >= 0.6 is 0 Å². The van der Waals surface area contributed by atoms with Gasteiger partial charge in [-0.25, -0.2) is 4.79 Å². The predicted molar refractivity (Wildman–Crippen MR) is 86.0 cm³/mol. The minimum absolute atomic E-state index is 0.130. The molecule has 1 aromatic carbocycles. The van der Waals surface area contributed by atoms with Crippen molar-refractivity contribution in [3.8, 4) is 0 Å². The molecule has 146 valence electrons. The van der Waals surface area contributed by atoms with Crippen molar-refractivity contribution in [2.45, 2.75) is 36.7 Å². The zero-order valence-electron chi connectivity index (χ0n) is 14.1. The molecule has 4 N–H and O–H groups in total. The Hall–Kier alpha value is -2.62. The number of alkyl halides is 3. The largest absolute Gasteiger partial charge is 0.471 e. The van der Waals surface area contributed by atoms with Crippen LogP contribution in [0.5, 0.6) is 0 Å². The van der Waals surface area contributed by atoms with Gasteiger partial charge in [-0.1, -0.05) is 30.3 Å². The van der Waals surface area contributed by atoms with E-state index in [0.717, 1.165) is 0 Å². The van der Waals surface area contributed by atoms with Crippen LogP contribution in [0.15, 0.2) is 30.3 Å². The molecule has 2 fully saturated rings. The van der Waals surface area contributed by atoms with Crippen molar-refractivity contribution < 1.29 is 32.3 Å². The first-order chi connectivity index (χ1) is 12.6. The van der Waals surface area contributed by atoms with Gasteiger partial charge in [-0.15, -0.1) is 0 Å². The van der Waals surface area contributed by atoms with Crippen molar-refractivity contribution in [3.05, 3.63) is 35.9 Å². The summed E-state index contributed by atoms with van der Waals surface area (Å²) in [6, 6.07) is 5.80. The maximum Gasteiger partial charge on any atom is 0.471 e. The van der Waals surface area contributed by atoms with E-state index in [1.807, 2.05) is 0 Å². The highest BCUT2D eigenvalue weighted by Crippen LogP contribution is 2.53. The van der Waals surface area contributed by atoms with Crippen LogP contribution in [0.1, 0.15) is 12.0 Å². The van der Waals surface area contributed by atoms with Gasteiger partial charge in [-0.2, -0.15) is 13.2 Å². The quantitative estimate of drug-likeness (QED) is 0.599. The number of hydrogen-bond acceptors (Lipinski definition) is 5. The van der Waals surface area contributed by atoms with Crippen LogP contribution in [-0.4, -0.2) is 48.2 Å². The molecular formula is C17H18F3N3O4. The second-order valence-corrected chi connectivity index (χ2v) is 6.73. The Balaban J connectivity index is 1.76. The fourth-order valence-corrected chi connectivity index (χ4v) is 3.42. The van der Waals surface area contributed by atoms with Crippen molar-refractivity contribution >= 4 is 17.8 Å². The Morgan fingerprint density at radius 1 is 1.30 bits per heavy atom. The number of hydrogen-bond donors (Lipinski definition) is 3. The number of carbonyl (C=O) groups is 3. The molecule has 2 aliphatic rings. The topological polar surface area (TPSA) is 111 Å². The van der Waals surface area contributed by atoms with E-state index in [1.165, 1.54) is 0 Å². The zero-order chi connectivity index (χ0) is 19.8. The first kappa shape index (κ1) is 19.2. The molecule has 0 bridgehead atoms. The summed E-state index contributed by atoms with van der Waals surface area (Å²) in [6.45, 7) is 0.416. The third-order valence-corrected chi connectivity index (χ3v) is 4.86. The smallest absolute Gasteiger partial charge is 0.455 e. The third-order valence-electron chi connectivity index (χ3n) is 4.86. The normalized spacial score (nSPS) is 27.4. The number of esters is 1. The van der Waals surface area contributed by atoms with Crippen molar-refractivity contribution in [2.24, 2.45) is 11.7 Å². The van der Waals surface area contributed by atoms with E-state index in [-0.39, 0.29) is 12.3 Å². The molecule has 1 aliphatic carbocycles. The Morgan fingerprint density at radius 3 is 2.52 bits per heavy atom. The van der Waals surface area contributed by atoms with E-state index >= 15 is 0 Å². The Morgan fingerprint density at radius 2 is 1.96 bits per heavy atom. The van der Waals surface area contributed by atoms with Crippen LogP contribution < -0.4 is 16.4 Å². The number of halogens is 3. The van der Waals surface area contributed by atoms with Gasteiger partial charge < -0.3 is 21.1 Å². The van der Waals surface area contributed by atoms with E-state index in [1.54, 1.807) is 35.6 Å². The van der Waals surface area contributed by atoms with Crippen LogP contribution in [-0.2, 0) is 25.5 Å². The van der Waals surface area contributed by atoms with Gasteiger partial charge in [0.2, 0.25) is 5.91 Å². The molecule has 0 spiro atoms. The van der Waals surface area contributed by atoms with Crippen molar-refractivity contribution in [1.82, 2.24) is 10.6 Å². The van der Waals surface area contributed by atoms with Crippen LogP contribution in [0.4, 0.5) is 13.2 Å². The number of primary amides is 1. The average molecular weight is 385 g/mol. The molecule has 1 aromatic rings. The van der Waals surface area contributed by atoms with Crippen LogP contribution in [0.3, 0.4) is 0 Å². The second-order valence-electron chi connectivity index (χ2n) is 6.73. The summed E-state index contributed by atoms with van der Waals surface area (Å²) in [5, 5.41) is 4.52. The fourth-order valence-electron chi connectivity index (χ4n) is 3.42. The van der Waals surface area contributed by atoms with E-state index in [9.17, 15) is 27.6 Å². The molecular weight excluding hydrogens is 367 g/mol. The Labute approximate surface area is 152 Å².